The highest BCUT2D eigenvalue weighted by molar-refractivity contribution is 5.74. The molecule has 0 bridgehead atoms. The summed E-state index contributed by atoms with van der Waals surface area (Å²) in [6.45, 7) is 1.54. The van der Waals surface area contributed by atoms with Gasteiger partial charge in [-0.1, -0.05) is 12.1 Å². The maximum atomic E-state index is 11.9. The van der Waals surface area contributed by atoms with E-state index in [1.807, 2.05) is 24.3 Å². The van der Waals surface area contributed by atoms with E-state index in [9.17, 15) is 9.90 Å². The lowest BCUT2D eigenvalue weighted by molar-refractivity contribution is 0.0779. The average Bonchev–Trinajstić information content (AvgIpc) is 2.96. The van der Waals surface area contributed by atoms with Gasteiger partial charge in [-0.05, 0) is 18.6 Å². The first-order valence-electron chi connectivity index (χ1n) is 6.46. The number of rotatable bonds is 3. The van der Waals surface area contributed by atoms with E-state index >= 15 is 0 Å². The van der Waals surface area contributed by atoms with E-state index in [1.54, 1.807) is 4.57 Å². The fourth-order valence-electron chi connectivity index (χ4n) is 2.50. The molecule has 2 unspecified atom stereocenters. The topological polar surface area (TPSA) is 64.4 Å². The van der Waals surface area contributed by atoms with Crippen molar-refractivity contribution in [3.63, 3.8) is 0 Å². The number of para-hydroxylation sites is 2. The maximum Gasteiger partial charge on any atom is 0.269 e. The second-order valence-corrected chi connectivity index (χ2v) is 4.89. The zero-order valence-corrected chi connectivity index (χ0v) is 10.5. The van der Waals surface area contributed by atoms with Crippen molar-refractivity contribution in [2.24, 2.45) is 5.92 Å². The molecule has 1 N–H and O–H groups in total. The van der Waals surface area contributed by atoms with Crippen LogP contribution in [0.3, 0.4) is 0 Å². The van der Waals surface area contributed by atoms with Gasteiger partial charge in [-0.15, -0.1) is 0 Å². The van der Waals surface area contributed by atoms with Crippen molar-refractivity contribution in [3.8, 4) is 0 Å². The van der Waals surface area contributed by atoms with Crippen molar-refractivity contribution in [3.05, 3.63) is 40.8 Å². The van der Waals surface area contributed by atoms with Crippen molar-refractivity contribution < 1.29 is 9.84 Å². The molecule has 0 spiro atoms. The first kappa shape index (κ1) is 12.3. The molecule has 0 aliphatic carbocycles. The van der Waals surface area contributed by atoms with Crippen molar-refractivity contribution in [2.75, 3.05) is 13.2 Å². The summed E-state index contributed by atoms with van der Waals surface area (Å²) in [5.74, 6) is 0.110. The molecule has 1 saturated heterocycles. The number of ether oxygens (including phenoxy) is 1. The number of hydrogen-bond donors (Lipinski definition) is 1. The van der Waals surface area contributed by atoms with Gasteiger partial charge in [0.2, 0.25) is 0 Å². The van der Waals surface area contributed by atoms with Crippen molar-refractivity contribution in [2.45, 2.75) is 19.1 Å². The summed E-state index contributed by atoms with van der Waals surface area (Å²) in [5, 5.41) is 10.2. The molecule has 1 aliphatic rings. The second-order valence-electron chi connectivity index (χ2n) is 4.89. The molecule has 2 heterocycles. The molecular weight excluding hydrogens is 244 g/mol. The Morgan fingerprint density at radius 3 is 3.11 bits per heavy atom. The third-order valence-corrected chi connectivity index (χ3v) is 3.63. The fraction of sp³-hybridized carbons (Fsp3) is 0.429. The van der Waals surface area contributed by atoms with E-state index < -0.39 is 6.10 Å². The largest absolute Gasteiger partial charge is 0.391 e. The summed E-state index contributed by atoms with van der Waals surface area (Å²) >= 11 is 0. The minimum Gasteiger partial charge on any atom is -0.391 e. The van der Waals surface area contributed by atoms with Gasteiger partial charge in [0.25, 0.3) is 5.56 Å². The fourth-order valence-corrected chi connectivity index (χ4v) is 2.50. The molecule has 0 saturated carbocycles. The van der Waals surface area contributed by atoms with Gasteiger partial charge in [0.1, 0.15) is 0 Å². The SMILES string of the molecule is O=c1cnc2ccccc2n1CC(O)C1CCOC1. The van der Waals surface area contributed by atoms with Crippen LogP contribution < -0.4 is 5.56 Å². The third kappa shape index (κ3) is 2.39. The van der Waals surface area contributed by atoms with Crippen LogP contribution in [0.25, 0.3) is 11.0 Å². The zero-order valence-electron chi connectivity index (χ0n) is 10.5. The monoisotopic (exact) mass is 260 g/mol. The van der Waals surface area contributed by atoms with Crippen LogP contribution in [0, 0.1) is 5.92 Å². The summed E-state index contributed by atoms with van der Waals surface area (Å²) in [6, 6.07) is 7.45. The highest BCUT2D eigenvalue weighted by atomic mass is 16.5. The molecule has 2 atom stereocenters. The molecule has 100 valence electrons. The van der Waals surface area contributed by atoms with Crippen molar-refractivity contribution in [1.29, 1.82) is 0 Å². The predicted octanol–water partition coefficient (Wildman–Crippen LogP) is 0.794. The molecule has 0 radical (unpaired) electrons. The van der Waals surface area contributed by atoms with E-state index in [2.05, 4.69) is 4.98 Å². The molecule has 5 nitrogen and oxygen atoms in total. The Morgan fingerprint density at radius 2 is 2.32 bits per heavy atom. The Hall–Kier alpha value is -1.72. The van der Waals surface area contributed by atoms with Gasteiger partial charge in [-0.2, -0.15) is 0 Å². The van der Waals surface area contributed by atoms with Crippen LogP contribution in [0.15, 0.2) is 35.3 Å². The third-order valence-electron chi connectivity index (χ3n) is 3.63. The summed E-state index contributed by atoms with van der Waals surface area (Å²) < 4.78 is 6.86. The maximum absolute atomic E-state index is 11.9. The van der Waals surface area contributed by atoms with E-state index in [0.29, 0.717) is 13.2 Å². The van der Waals surface area contributed by atoms with Crippen LogP contribution in [0.5, 0.6) is 0 Å². The molecule has 3 rings (SSSR count). The number of hydrogen-bond acceptors (Lipinski definition) is 4. The lowest BCUT2D eigenvalue weighted by Crippen LogP contribution is -2.31. The van der Waals surface area contributed by atoms with Crippen LogP contribution in [0.2, 0.25) is 0 Å². The number of aliphatic hydroxyl groups excluding tert-OH is 1. The van der Waals surface area contributed by atoms with Crippen molar-refractivity contribution >= 4 is 11.0 Å². The molecule has 1 fully saturated rings. The Balaban J connectivity index is 1.95. The number of aliphatic hydroxyl groups is 1. The van der Waals surface area contributed by atoms with E-state index in [0.717, 1.165) is 17.5 Å². The predicted molar refractivity (Wildman–Crippen MR) is 70.9 cm³/mol. The Morgan fingerprint density at radius 1 is 1.47 bits per heavy atom. The van der Waals surface area contributed by atoms with Gasteiger partial charge in [-0.3, -0.25) is 4.79 Å². The number of benzene rings is 1. The van der Waals surface area contributed by atoms with Gasteiger partial charge in [0.05, 0.1) is 36.5 Å². The summed E-state index contributed by atoms with van der Waals surface area (Å²) in [4.78, 5) is 16.0. The van der Waals surface area contributed by atoms with Gasteiger partial charge in [-0.25, -0.2) is 4.98 Å². The molecule has 19 heavy (non-hydrogen) atoms. The summed E-state index contributed by atoms with van der Waals surface area (Å²) in [5.41, 5.74) is 1.33. The molecule has 1 aromatic heterocycles. The molecule has 0 amide bonds. The van der Waals surface area contributed by atoms with Crippen LogP contribution in [-0.4, -0.2) is 34.0 Å². The standard InChI is InChI=1S/C14H16N2O3/c17-13(10-5-6-19-9-10)8-16-12-4-2-1-3-11(12)15-7-14(16)18/h1-4,7,10,13,17H,5-6,8-9H2. The average molecular weight is 260 g/mol. The number of nitrogens with zero attached hydrogens (tertiary/aromatic N) is 2. The Bertz CT molecular complexity index is 632. The number of fused-ring (bicyclic) bond motifs is 1. The highest BCUT2D eigenvalue weighted by Crippen LogP contribution is 2.18. The van der Waals surface area contributed by atoms with Gasteiger partial charge in [0, 0.05) is 12.5 Å². The van der Waals surface area contributed by atoms with Crippen LogP contribution in [-0.2, 0) is 11.3 Å². The Labute approximate surface area is 110 Å². The van der Waals surface area contributed by atoms with Gasteiger partial charge >= 0.3 is 0 Å². The molecule has 2 aromatic rings. The number of aromatic nitrogens is 2. The van der Waals surface area contributed by atoms with Gasteiger partial charge in [0.15, 0.2) is 0 Å². The molecule has 1 aliphatic heterocycles. The quantitative estimate of drug-likeness (QED) is 0.886. The van der Waals surface area contributed by atoms with E-state index in [-0.39, 0.29) is 18.0 Å². The first-order chi connectivity index (χ1) is 9.25. The van der Waals surface area contributed by atoms with Crippen LogP contribution >= 0.6 is 0 Å². The lowest BCUT2D eigenvalue weighted by Gasteiger charge is -2.18. The molecule has 1 aromatic carbocycles. The van der Waals surface area contributed by atoms with Gasteiger partial charge < -0.3 is 14.4 Å². The second kappa shape index (κ2) is 5.11. The smallest absolute Gasteiger partial charge is 0.269 e. The first-order valence-corrected chi connectivity index (χ1v) is 6.46. The zero-order chi connectivity index (χ0) is 13.2. The summed E-state index contributed by atoms with van der Waals surface area (Å²) in [6.07, 6.45) is 1.59. The minimum absolute atomic E-state index is 0.110. The minimum atomic E-state index is -0.564. The Kier molecular flexibility index (Phi) is 3.31. The van der Waals surface area contributed by atoms with Crippen LogP contribution in [0.1, 0.15) is 6.42 Å². The highest BCUT2D eigenvalue weighted by Gasteiger charge is 2.24. The molecule has 5 heteroatoms. The van der Waals surface area contributed by atoms with E-state index in [1.165, 1.54) is 6.20 Å². The summed E-state index contributed by atoms with van der Waals surface area (Å²) in [7, 11) is 0. The van der Waals surface area contributed by atoms with Crippen molar-refractivity contribution in [1.82, 2.24) is 9.55 Å². The molecular formula is C14H16N2O3. The lowest BCUT2D eigenvalue weighted by atomic mass is 10.0. The van der Waals surface area contributed by atoms with E-state index in [4.69, 9.17) is 4.74 Å². The van der Waals surface area contributed by atoms with Crippen LogP contribution in [0.4, 0.5) is 0 Å². The normalized spacial score (nSPS) is 20.8.